The molecule has 0 fully saturated rings. The van der Waals surface area contributed by atoms with E-state index in [0.717, 1.165) is 24.6 Å². The maximum atomic E-state index is 11.4. The molecule has 8 heteroatoms. The van der Waals surface area contributed by atoms with Gasteiger partial charge in [-0.05, 0) is 13.5 Å². The SMILES string of the molecule is CCCNc1cc(NCCS(=O)(=O)NC)nc(C(C)C)n1. The van der Waals surface area contributed by atoms with Gasteiger partial charge in [-0.3, -0.25) is 0 Å². The zero-order chi connectivity index (χ0) is 15.9. The average molecular weight is 315 g/mol. The molecular formula is C13H25N5O2S. The van der Waals surface area contributed by atoms with Crippen molar-refractivity contribution in [3.05, 3.63) is 11.9 Å². The maximum Gasteiger partial charge on any atom is 0.213 e. The second-order valence-corrected chi connectivity index (χ2v) is 7.07. The average Bonchev–Trinajstić information content (AvgIpc) is 2.44. The van der Waals surface area contributed by atoms with Crippen molar-refractivity contribution < 1.29 is 8.42 Å². The van der Waals surface area contributed by atoms with Crippen LogP contribution in [-0.4, -0.2) is 44.3 Å². The van der Waals surface area contributed by atoms with Gasteiger partial charge in [-0.1, -0.05) is 20.8 Å². The fraction of sp³-hybridized carbons (Fsp3) is 0.692. The van der Waals surface area contributed by atoms with Gasteiger partial charge in [0.2, 0.25) is 10.0 Å². The Morgan fingerprint density at radius 2 is 1.71 bits per heavy atom. The van der Waals surface area contributed by atoms with Crippen LogP contribution in [0.25, 0.3) is 0 Å². The molecule has 0 aliphatic carbocycles. The van der Waals surface area contributed by atoms with Crippen molar-refractivity contribution in [1.29, 1.82) is 0 Å². The summed E-state index contributed by atoms with van der Waals surface area (Å²) < 4.78 is 25.0. The molecule has 0 saturated heterocycles. The number of sulfonamides is 1. The minimum atomic E-state index is -3.21. The third-order valence-corrected chi connectivity index (χ3v) is 4.17. The summed E-state index contributed by atoms with van der Waals surface area (Å²) in [5.74, 6) is 2.33. The van der Waals surface area contributed by atoms with Crippen LogP contribution in [0.15, 0.2) is 6.07 Å². The highest BCUT2D eigenvalue weighted by atomic mass is 32.2. The summed E-state index contributed by atoms with van der Waals surface area (Å²) in [7, 11) is -1.81. The van der Waals surface area contributed by atoms with E-state index in [2.05, 4.69) is 32.2 Å². The van der Waals surface area contributed by atoms with Gasteiger partial charge in [0.25, 0.3) is 0 Å². The molecule has 3 N–H and O–H groups in total. The number of anilines is 2. The molecule has 1 aromatic heterocycles. The van der Waals surface area contributed by atoms with Crippen molar-refractivity contribution in [2.24, 2.45) is 0 Å². The lowest BCUT2D eigenvalue weighted by Crippen LogP contribution is -2.26. The highest BCUT2D eigenvalue weighted by Gasteiger charge is 2.10. The van der Waals surface area contributed by atoms with Crippen LogP contribution < -0.4 is 15.4 Å². The number of hydrogen-bond donors (Lipinski definition) is 3. The maximum absolute atomic E-state index is 11.4. The lowest BCUT2D eigenvalue weighted by Gasteiger charge is -2.12. The van der Waals surface area contributed by atoms with Gasteiger partial charge in [0.15, 0.2) is 0 Å². The van der Waals surface area contributed by atoms with Crippen molar-refractivity contribution >= 4 is 21.7 Å². The van der Waals surface area contributed by atoms with E-state index in [1.807, 2.05) is 13.8 Å². The van der Waals surface area contributed by atoms with Crippen LogP contribution in [0.1, 0.15) is 38.9 Å². The lowest BCUT2D eigenvalue weighted by molar-refractivity contribution is 0.588. The molecule has 0 bridgehead atoms. The van der Waals surface area contributed by atoms with Crippen LogP contribution in [-0.2, 0) is 10.0 Å². The van der Waals surface area contributed by atoms with E-state index in [-0.39, 0.29) is 11.7 Å². The van der Waals surface area contributed by atoms with Crippen molar-refractivity contribution in [3.8, 4) is 0 Å². The lowest BCUT2D eigenvalue weighted by atomic mass is 10.2. The van der Waals surface area contributed by atoms with Crippen molar-refractivity contribution in [3.63, 3.8) is 0 Å². The van der Waals surface area contributed by atoms with Gasteiger partial charge >= 0.3 is 0 Å². The monoisotopic (exact) mass is 315 g/mol. The highest BCUT2D eigenvalue weighted by molar-refractivity contribution is 7.89. The molecule has 7 nitrogen and oxygen atoms in total. The predicted molar refractivity (Wildman–Crippen MR) is 86.2 cm³/mol. The molecule has 0 unspecified atom stereocenters. The Morgan fingerprint density at radius 1 is 1.14 bits per heavy atom. The van der Waals surface area contributed by atoms with Gasteiger partial charge in [0.1, 0.15) is 17.5 Å². The van der Waals surface area contributed by atoms with E-state index in [4.69, 9.17) is 0 Å². The third kappa shape index (κ3) is 6.26. The fourth-order valence-corrected chi connectivity index (χ4v) is 2.15. The minimum Gasteiger partial charge on any atom is -0.370 e. The quantitative estimate of drug-likeness (QED) is 0.637. The van der Waals surface area contributed by atoms with Crippen molar-refractivity contribution in [1.82, 2.24) is 14.7 Å². The van der Waals surface area contributed by atoms with E-state index >= 15 is 0 Å². The Hall–Kier alpha value is -1.41. The second kappa shape index (κ2) is 8.14. The Bertz CT molecular complexity index is 545. The number of rotatable bonds is 9. The Labute approximate surface area is 127 Å². The first-order valence-electron chi connectivity index (χ1n) is 7.16. The Kier molecular flexibility index (Phi) is 6.83. The molecule has 0 amide bonds. The van der Waals surface area contributed by atoms with Crippen LogP contribution in [0.3, 0.4) is 0 Å². The van der Waals surface area contributed by atoms with Gasteiger partial charge in [-0.15, -0.1) is 0 Å². The largest absolute Gasteiger partial charge is 0.370 e. The van der Waals surface area contributed by atoms with Gasteiger partial charge in [-0.2, -0.15) is 0 Å². The first kappa shape index (κ1) is 17.6. The number of hydrogen-bond acceptors (Lipinski definition) is 6. The predicted octanol–water partition coefficient (Wildman–Crippen LogP) is 1.38. The molecule has 1 rings (SSSR count). The smallest absolute Gasteiger partial charge is 0.213 e. The first-order chi connectivity index (χ1) is 9.88. The second-order valence-electron chi connectivity index (χ2n) is 5.03. The number of aromatic nitrogens is 2. The van der Waals surface area contributed by atoms with Crippen molar-refractivity contribution in [2.45, 2.75) is 33.1 Å². The summed E-state index contributed by atoms with van der Waals surface area (Å²) >= 11 is 0. The summed E-state index contributed by atoms with van der Waals surface area (Å²) in [4.78, 5) is 8.86. The molecule has 0 radical (unpaired) electrons. The van der Waals surface area contributed by atoms with Gasteiger partial charge in [0.05, 0.1) is 5.75 Å². The molecule has 0 atom stereocenters. The Balaban J connectivity index is 2.78. The zero-order valence-corrected chi connectivity index (χ0v) is 13.9. The summed E-state index contributed by atoms with van der Waals surface area (Å²) in [6.07, 6.45) is 1.00. The standard InChI is InChI=1S/C13H25N5O2S/c1-5-6-15-11-9-12(18-13(17-11)10(2)3)16-7-8-21(19,20)14-4/h9-10,14H,5-8H2,1-4H3,(H2,15,16,17,18). The third-order valence-electron chi connectivity index (χ3n) is 2.80. The first-order valence-corrected chi connectivity index (χ1v) is 8.81. The molecule has 1 aromatic rings. The van der Waals surface area contributed by atoms with Gasteiger partial charge in [-0.25, -0.2) is 23.1 Å². The minimum absolute atomic E-state index is 0.00222. The summed E-state index contributed by atoms with van der Waals surface area (Å²) in [5.41, 5.74) is 0. The van der Waals surface area contributed by atoms with E-state index in [0.29, 0.717) is 12.4 Å². The summed E-state index contributed by atoms with van der Waals surface area (Å²) in [6, 6.07) is 1.80. The molecule has 120 valence electrons. The summed E-state index contributed by atoms with van der Waals surface area (Å²) in [5, 5.41) is 6.26. The molecule has 0 spiro atoms. The van der Waals surface area contributed by atoms with Crippen LogP contribution >= 0.6 is 0 Å². The van der Waals surface area contributed by atoms with Gasteiger partial charge in [0, 0.05) is 25.1 Å². The normalized spacial score (nSPS) is 11.7. The summed E-state index contributed by atoms with van der Waals surface area (Å²) in [6.45, 7) is 7.26. The molecule has 21 heavy (non-hydrogen) atoms. The topological polar surface area (TPSA) is 96.0 Å². The number of nitrogens with zero attached hydrogens (tertiary/aromatic N) is 2. The zero-order valence-electron chi connectivity index (χ0n) is 13.1. The van der Waals surface area contributed by atoms with Crippen LogP contribution in [0.5, 0.6) is 0 Å². The van der Waals surface area contributed by atoms with Crippen LogP contribution in [0.4, 0.5) is 11.6 Å². The van der Waals surface area contributed by atoms with Crippen LogP contribution in [0, 0.1) is 0 Å². The molecular weight excluding hydrogens is 290 g/mol. The fourth-order valence-electron chi connectivity index (χ4n) is 1.57. The van der Waals surface area contributed by atoms with Crippen molar-refractivity contribution in [2.75, 3.05) is 36.5 Å². The van der Waals surface area contributed by atoms with E-state index in [9.17, 15) is 8.42 Å². The van der Waals surface area contributed by atoms with E-state index in [1.165, 1.54) is 7.05 Å². The number of nitrogens with one attached hydrogen (secondary N) is 3. The highest BCUT2D eigenvalue weighted by Crippen LogP contribution is 2.16. The Morgan fingerprint density at radius 3 is 2.19 bits per heavy atom. The van der Waals surface area contributed by atoms with Gasteiger partial charge < -0.3 is 10.6 Å². The molecule has 0 aliphatic rings. The van der Waals surface area contributed by atoms with E-state index < -0.39 is 10.0 Å². The van der Waals surface area contributed by atoms with E-state index in [1.54, 1.807) is 6.07 Å². The molecule has 0 aliphatic heterocycles. The molecule has 1 heterocycles. The van der Waals surface area contributed by atoms with Crippen LogP contribution in [0.2, 0.25) is 0 Å². The molecule has 0 aromatic carbocycles. The molecule has 0 saturated carbocycles.